The summed E-state index contributed by atoms with van der Waals surface area (Å²) < 4.78 is 5.33. The summed E-state index contributed by atoms with van der Waals surface area (Å²) in [5, 5.41) is 11.4. The molecule has 0 aliphatic carbocycles. The van der Waals surface area contributed by atoms with E-state index in [4.69, 9.17) is 16.4 Å². The van der Waals surface area contributed by atoms with Crippen LogP contribution in [-0.2, 0) is 4.79 Å². The van der Waals surface area contributed by atoms with Crippen LogP contribution in [0.25, 0.3) is 0 Å². The zero-order valence-corrected chi connectivity index (χ0v) is 11.2. The van der Waals surface area contributed by atoms with Gasteiger partial charge in [0.05, 0.1) is 11.6 Å². The number of amides is 1. The second kappa shape index (κ2) is 6.79. The van der Waals surface area contributed by atoms with Crippen LogP contribution in [0.15, 0.2) is 48.5 Å². The molecule has 0 heterocycles. The maximum absolute atomic E-state index is 11.8. The van der Waals surface area contributed by atoms with Crippen LogP contribution in [0.3, 0.4) is 0 Å². The average Bonchev–Trinajstić information content (AvgIpc) is 2.53. The maximum atomic E-state index is 11.8. The molecule has 1 amide bonds. The molecule has 0 fully saturated rings. The lowest BCUT2D eigenvalue weighted by atomic mass is 10.2. The minimum atomic E-state index is -0.284. The number of carbonyl (C=O) groups is 1. The first-order valence-corrected chi connectivity index (χ1v) is 6.21. The Morgan fingerprint density at radius 2 is 1.95 bits per heavy atom. The summed E-state index contributed by atoms with van der Waals surface area (Å²) in [5.41, 5.74) is 1.86. The average molecular weight is 276 g/mol. The van der Waals surface area contributed by atoms with Gasteiger partial charge in [0.1, 0.15) is 5.75 Å². The van der Waals surface area contributed by atoms with Gasteiger partial charge < -0.3 is 10.1 Å². The molecule has 0 saturated carbocycles. The van der Waals surface area contributed by atoms with E-state index in [0.717, 1.165) is 0 Å². The topological polar surface area (TPSA) is 62.1 Å². The highest BCUT2D eigenvalue weighted by Crippen LogP contribution is 2.12. The van der Waals surface area contributed by atoms with Crippen molar-refractivity contribution in [2.45, 2.75) is 0 Å². The first-order chi connectivity index (χ1) is 10.2. The largest absolute Gasteiger partial charge is 0.484 e. The molecule has 102 valence electrons. The summed E-state index contributed by atoms with van der Waals surface area (Å²) in [7, 11) is 0. The Bertz CT molecular complexity index is 722. The summed E-state index contributed by atoms with van der Waals surface area (Å²) in [4.78, 5) is 11.8. The number of carbonyl (C=O) groups excluding carboxylic acids is 1. The van der Waals surface area contributed by atoms with E-state index in [1.165, 1.54) is 0 Å². The SMILES string of the molecule is C#Cc1cccc(NC(=O)COc2ccc(C#N)cc2)c1. The Morgan fingerprint density at radius 1 is 1.19 bits per heavy atom. The first-order valence-electron chi connectivity index (χ1n) is 6.21. The van der Waals surface area contributed by atoms with Gasteiger partial charge in [-0.25, -0.2) is 0 Å². The van der Waals surface area contributed by atoms with Crippen LogP contribution >= 0.6 is 0 Å². The molecule has 0 spiro atoms. The van der Waals surface area contributed by atoms with Crippen molar-refractivity contribution in [3.05, 3.63) is 59.7 Å². The second-order valence-corrected chi connectivity index (χ2v) is 4.20. The first kappa shape index (κ1) is 14.2. The smallest absolute Gasteiger partial charge is 0.262 e. The fourth-order valence-electron chi connectivity index (χ4n) is 1.66. The minimum absolute atomic E-state index is 0.119. The van der Waals surface area contributed by atoms with Crippen molar-refractivity contribution in [2.75, 3.05) is 11.9 Å². The summed E-state index contributed by atoms with van der Waals surface area (Å²) in [6.07, 6.45) is 5.30. The van der Waals surface area contributed by atoms with Gasteiger partial charge >= 0.3 is 0 Å². The number of benzene rings is 2. The van der Waals surface area contributed by atoms with Gasteiger partial charge in [0, 0.05) is 11.3 Å². The molecule has 2 aromatic carbocycles. The standard InChI is InChI=1S/C17H12N2O2/c1-2-13-4-3-5-15(10-13)19-17(20)12-21-16-8-6-14(11-18)7-9-16/h1,3-10H,12H2,(H,19,20). The number of terminal acetylenes is 1. The molecule has 0 bridgehead atoms. The molecule has 4 heteroatoms. The Labute approximate surface area is 123 Å². The van der Waals surface area contributed by atoms with Crippen LogP contribution in [-0.4, -0.2) is 12.5 Å². The van der Waals surface area contributed by atoms with E-state index in [-0.39, 0.29) is 12.5 Å². The zero-order valence-electron chi connectivity index (χ0n) is 11.2. The number of rotatable bonds is 4. The van der Waals surface area contributed by atoms with Gasteiger partial charge in [-0.15, -0.1) is 6.42 Å². The lowest BCUT2D eigenvalue weighted by Gasteiger charge is -2.07. The number of ether oxygens (including phenoxy) is 1. The molecular formula is C17H12N2O2. The molecule has 21 heavy (non-hydrogen) atoms. The van der Waals surface area contributed by atoms with Crippen molar-refractivity contribution in [1.29, 1.82) is 5.26 Å². The predicted octanol–water partition coefficient (Wildman–Crippen LogP) is 2.56. The summed E-state index contributed by atoms with van der Waals surface area (Å²) in [6, 6.07) is 15.6. The highest BCUT2D eigenvalue weighted by atomic mass is 16.5. The fourth-order valence-corrected chi connectivity index (χ4v) is 1.66. The zero-order chi connectivity index (χ0) is 15.1. The number of nitrogens with zero attached hydrogens (tertiary/aromatic N) is 1. The van der Waals surface area contributed by atoms with Crippen LogP contribution in [0, 0.1) is 23.7 Å². The normalized spacial score (nSPS) is 9.24. The van der Waals surface area contributed by atoms with E-state index < -0.39 is 0 Å². The van der Waals surface area contributed by atoms with Gasteiger partial charge in [-0.1, -0.05) is 12.0 Å². The quantitative estimate of drug-likeness (QED) is 0.873. The molecule has 0 radical (unpaired) electrons. The molecule has 2 aromatic rings. The molecule has 0 saturated heterocycles. The van der Waals surface area contributed by atoms with E-state index in [9.17, 15) is 4.79 Å². The second-order valence-electron chi connectivity index (χ2n) is 4.20. The minimum Gasteiger partial charge on any atom is -0.484 e. The third-order valence-corrected chi connectivity index (χ3v) is 2.67. The monoisotopic (exact) mass is 276 g/mol. The molecule has 1 N–H and O–H groups in total. The Balaban J connectivity index is 1.89. The summed E-state index contributed by atoms with van der Waals surface area (Å²) in [6.45, 7) is -0.119. The van der Waals surface area contributed by atoms with Gasteiger partial charge in [0.15, 0.2) is 6.61 Å². The number of hydrogen-bond donors (Lipinski definition) is 1. The Kier molecular flexibility index (Phi) is 4.58. The van der Waals surface area contributed by atoms with Crippen molar-refractivity contribution >= 4 is 11.6 Å². The van der Waals surface area contributed by atoms with Crippen LogP contribution in [0.4, 0.5) is 5.69 Å². The molecule has 0 aromatic heterocycles. The van der Waals surface area contributed by atoms with E-state index >= 15 is 0 Å². The van der Waals surface area contributed by atoms with Crippen molar-refractivity contribution in [2.24, 2.45) is 0 Å². The molecule has 4 nitrogen and oxygen atoms in total. The highest BCUT2D eigenvalue weighted by Gasteiger charge is 2.04. The van der Waals surface area contributed by atoms with Crippen LogP contribution < -0.4 is 10.1 Å². The lowest BCUT2D eigenvalue weighted by molar-refractivity contribution is -0.118. The van der Waals surface area contributed by atoms with Crippen LogP contribution in [0.2, 0.25) is 0 Å². The lowest BCUT2D eigenvalue weighted by Crippen LogP contribution is -2.20. The van der Waals surface area contributed by atoms with E-state index in [1.807, 2.05) is 6.07 Å². The van der Waals surface area contributed by atoms with Gasteiger partial charge in [-0.2, -0.15) is 5.26 Å². The fraction of sp³-hybridized carbons (Fsp3) is 0.0588. The van der Waals surface area contributed by atoms with Crippen molar-refractivity contribution in [1.82, 2.24) is 0 Å². The maximum Gasteiger partial charge on any atom is 0.262 e. The Hall–Kier alpha value is -3.24. The number of hydrogen-bond acceptors (Lipinski definition) is 3. The molecule has 0 aliphatic heterocycles. The molecule has 0 unspecified atom stereocenters. The third-order valence-electron chi connectivity index (χ3n) is 2.67. The Morgan fingerprint density at radius 3 is 2.62 bits per heavy atom. The van der Waals surface area contributed by atoms with Crippen molar-refractivity contribution < 1.29 is 9.53 Å². The van der Waals surface area contributed by atoms with Crippen molar-refractivity contribution in [3.8, 4) is 24.2 Å². The van der Waals surface area contributed by atoms with Gasteiger partial charge in [0.25, 0.3) is 5.91 Å². The third kappa shape index (κ3) is 4.12. The molecular weight excluding hydrogens is 264 g/mol. The van der Waals surface area contributed by atoms with Gasteiger partial charge in [0.2, 0.25) is 0 Å². The van der Waals surface area contributed by atoms with E-state index in [0.29, 0.717) is 22.6 Å². The number of anilines is 1. The van der Waals surface area contributed by atoms with Gasteiger partial charge in [-0.05, 0) is 42.5 Å². The van der Waals surface area contributed by atoms with E-state index in [1.54, 1.807) is 48.5 Å². The summed E-state index contributed by atoms with van der Waals surface area (Å²) >= 11 is 0. The number of nitrogens with one attached hydrogen (secondary N) is 1. The highest BCUT2D eigenvalue weighted by molar-refractivity contribution is 5.92. The molecule has 2 rings (SSSR count). The number of nitriles is 1. The molecule has 0 atom stereocenters. The van der Waals surface area contributed by atoms with Gasteiger partial charge in [-0.3, -0.25) is 4.79 Å². The van der Waals surface area contributed by atoms with Crippen molar-refractivity contribution in [3.63, 3.8) is 0 Å². The van der Waals surface area contributed by atoms with E-state index in [2.05, 4.69) is 11.2 Å². The molecule has 0 aliphatic rings. The van der Waals surface area contributed by atoms with Crippen LogP contribution in [0.5, 0.6) is 5.75 Å². The summed E-state index contributed by atoms with van der Waals surface area (Å²) in [5.74, 6) is 2.75. The predicted molar refractivity (Wildman–Crippen MR) is 79.7 cm³/mol. The van der Waals surface area contributed by atoms with Crippen LogP contribution in [0.1, 0.15) is 11.1 Å².